The molecule has 0 spiro atoms. The molecule has 1 aliphatic heterocycles. The second kappa shape index (κ2) is 5.74. The lowest BCUT2D eigenvalue weighted by atomic mass is 10.0. The third-order valence-corrected chi connectivity index (χ3v) is 4.08. The van der Waals surface area contributed by atoms with Crippen LogP contribution in [0, 0.1) is 0 Å². The molecule has 3 N–H and O–H groups in total. The minimum Gasteiger partial charge on any atom is -0.361 e. The highest BCUT2D eigenvalue weighted by molar-refractivity contribution is 5.86. The van der Waals surface area contributed by atoms with Crippen molar-refractivity contribution in [1.82, 2.24) is 9.88 Å². The predicted molar refractivity (Wildman–Crippen MR) is 84.9 cm³/mol. The van der Waals surface area contributed by atoms with Crippen molar-refractivity contribution in [1.29, 1.82) is 0 Å². The summed E-state index contributed by atoms with van der Waals surface area (Å²) in [6, 6.07) is 7.62. The van der Waals surface area contributed by atoms with Crippen LogP contribution in [0.25, 0.3) is 10.9 Å². The summed E-state index contributed by atoms with van der Waals surface area (Å²) < 4.78 is 0. The van der Waals surface area contributed by atoms with Gasteiger partial charge >= 0.3 is 0 Å². The second-order valence-corrected chi connectivity index (χ2v) is 5.77. The Morgan fingerprint density at radius 3 is 3.05 bits per heavy atom. The van der Waals surface area contributed by atoms with Crippen LogP contribution in [0.1, 0.15) is 18.9 Å². The van der Waals surface area contributed by atoms with Crippen molar-refractivity contribution in [2.45, 2.75) is 25.8 Å². The van der Waals surface area contributed by atoms with E-state index in [0.717, 1.165) is 29.4 Å². The number of benzene rings is 1. The first-order chi connectivity index (χ1) is 10.1. The zero-order valence-corrected chi connectivity index (χ0v) is 12.3. The van der Waals surface area contributed by atoms with E-state index in [2.05, 4.69) is 24.1 Å². The van der Waals surface area contributed by atoms with Gasteiger partial charge < -0.3 is 15.6 Å². The molecule has 1 aromatic heterocycles. The van der Waals surface area contributed by atoms with E-state index in [1.807, 2.05) is 29.3 Å². The van der Waals surface area contributed by atoms with Crippen LogP contribution >= 0.6 is 0 Å². The fraction of sp³-hybridized carbons (Fsp3) is 0.353. The Bertz CT molecular complexity index is 686. The van der Waals surface area contributed by atoms with Crippen molar-refractivity contribution in [3.8, 4) is 0 Å². The van der Waals surface area contributed by atoms with E-state index in [4.69, 9.17) is 5.73 Å². The van der Waals surface area contributed by atoms with E-state index in [0.29, 0.717) is 13.0 Å². The molecule has 2 heterocycles. The van der Waals surface area contributed by atoms with Crippen molar-refractivity contribution in [3.05, 3.63) is 47.7 Å². The third kappa shape index (κ3) is 2.85. The number of hydrogen-bond donors (Lipinski definition) is 2. The molecule has 1 aromatic carbocycles. The van der Waals surface area contributed by atoms with Gasteiger partial charge in [0, 0.05) is 30.2 Å². The van der Waals surface area contributed by atoms with Crippen LogP contribution < -0.4 is 5.73 Å². The number of nitrogens with zero attached hydrogens (tertiary/aromatic N) is 1. The highest BCUT2D eigenvalue weighted by atomic mass is 16.2. The number of carbonyl (C=O) groups excluding carboxylic acids is 1. The van der Waals surface area contributed by atoms with Gasteiger partial charge in [-0.3, -0.25) is 4.79 Å². The van der Waals surface area contributed by atoms with Gasteiger partial charge in [-0.25, -0.2) is 0 Å². The Labute approximate surface area is 124 Å². The number of rotatable bonds is 3. The maximum atomic E-state index is 12.5. The number of para-hydroxylation sites is 1. The topological polar surface area (TPSA) is 62.1 Å². The van der Waals surface area contributed by atoms with Gasteiger partial charge in [0.2, 0.25) is 5.91 Å². The van der Waals surface area contributed by atoms with Gasteiger partial charge in [-0.1, -0.05) is 29.8 Å². The van der Waals surface area contributed by atoms with Crippen molar-refractivity contribution in [2.24, 2.45) is 5.73 Å². The standard InChI is InChI=1S/C17H21N3O/c1-12-5-4-8-20(11-12)17(21)15(18)9-13-10-19-16-7-3-2-6-14(13)16/h2-3,5-7,10,15,19H,4,8-9,11,18H2,1H3/t15-/m1/s1. The predicted octanol–water partition coefficient (Wildman–Crippen LogP) is 2.22. The van der Waals surface area contributed by atoms with Crippen molar-refractivity contribution < 1.29 is 4.79 Å². The summed E-state index contributed by atoms with van der Waals surface area (Å²) in [5, 5.41) is 1.15. The molecular formula is C17H21N3O. The molecule has 0 bridgehead atoms. The maximum Gasteiger partial charge on any atom is 0.240 e. The molecule has 21 heavy (non-hydrogen) atoms. The molecule has 0 unspecified atom stereocenters. The van der Waals surface area contributed by atoms with Crippen LogP contribution in [0.5, 0.6) is 0 Å². The van der Waals surface area contributed by atoms with E-state index in [9.17, 15) is 4.79 Å². The summed E-state index contributed by atoms with van der Waals surface area (Å²) in [5.41, 5.74) is 9.59. The number of carbonyl (C=O) groups is 1. The number of nitrogens with one attached hydrogen (secondary N) is 1. The fourth-order valence-corrected chi connectivity index (χ4v) is 2.96. The molecule has 0 fully saturated rings. The smallest absolute Gasteiger partial charge is 0.240 e. The van der Waals surface area contributed by atoms with Crippen LogP contribution in [-0.2, 0) is 11.2 Å². The normalized spacial score (nSPS) is 16.9. The number of amides is 1. The molecule has 4 heteroatoms. The molecule has 0 radical (unpaired) electrons. The molecule has 1 amide bonds. The lowest BCUT2D eigenvalue weighted by Gasteiger charge is -2.28. The van der Waals surface area contributed by atoms with E-state index < -0.39 is 6.04 Å². The number of aromatic amines is 1. The number of hydrogen-bond acceptors (Lipinski definition) is 2. The molecule has 4 nitrogen and oxygen atoms in total. The molecule has 0 saturated carbocycles. The highest BCUT2D eigenvalue weighted by Crippen LogP contribution is 2.19. The van der Waals surface area contributed by atoms with Gasteiger partial charge in [-0.15, -0.1) is 0 Å². The summed E-state index contributed by atoms with van der Waals surface area (Å²) in [5.74, 6) is 0.0488. The zero-order valence-electron chi connectivity index (χ0n) is 12.3. The minimum absolute atomic E-state index is 0.0488. The van der Waals surface area contributed by atoms with Crippen molar-refractivity contribution in [2.75, 3.05) is 13.1 Å². The summed E-state index contributed by atoms with van der Waals surface area (Å²) in [6.45, 7) is 3.54. The molecular weight excluding hydrogens is 262 g/mol. The van der Waals surface area contributed by atoms with Crippen LogP contribution in [0.15, 0.2) is 42.1 Å². The summed E-state index contributed by atoms with van der Waals surface area (Å²) in [6.07, 6.45) is 5.65. The lowest BCUT2D eigenvalue weighted by Crippen LogP contribution is -2.46. The Balaban J connectivity index is 1.72. The van der Waals surface area contributed by atoms with Crippen LogP contribution in [0.2, 0.25) is 0 Å². The first-order valence-electron chi connectivity index (χ1n) is 7.40. The van der Waals surface area contributed by atoms with Gasteiger partial charge in [0.15, 0.2) is 0 Å². The maximum absolute atomic E-state index is 12.5. The van der Waals surface area contributed by atoms with Gasteiger partial charge in [-0.2, -0.15) is 0 Å². The molecule has 110 valence electrons. The average Bonchev–Trinajstić information content (AvgIpc) is 2.90. The van der Waals surface area contributed by atoms with E-state index in [1.54, 1.807) is 0 Å². The molecule has 2 aromatic rings. The Morgan fingerprint density at radius 2 is 2.24 bits per heavy atom. The molecule has 1 aliphatic rings. The first-order valence-corrected chi connectivity index (χ1v) is 7.40. The van der Waals surface area contributed by atoms with Crippen LogP contribution in [-0.4, -0.2) is 34.9 Å². The van der Waals surface area contributed by atoms with Crippen molar-refractivity contribution >= 4 is 16.8 Å². The monoisotopic (exact) mass is 283 g/mol. The molecule has 0 aliphatic carbocycles. The second-order valence-electron chi connectivity index (χ2n) is 5.77. The quantitative estimate of drug-likeness (QED) is 0.848. The number of aromatic nitrogens is 1. The van der Waals surface area contributed by atoms with Gasteiger partial charge in [0.1, 0.15) is 0 Å². The first kappa shape index (κ1) is 13.9. The van der Waals surface area contributed by atoms with E-state index in [1.165, 1.54) is 5.57 Å². The summed E-state index contributed by atoms with van der Waals surface area (Å²) in [7, 11) is 0. The van der Waals surface area contributed by atoms with Crippen LogP contribution in [0.3, 0.4) is 0 Å². The SMILES string of the molecule is CC1=CCCN(C(=O)[C@H](N)Cc2c[nH]c3ccccc23)C1. The highest BCUT2D eigenvalue weighted by Gasteiger charge is 2.23. The average molecular weight is 283 g/mol. The van der Waals surface area contributed by atoms with E-state index in [-0.39, 0.29) is 5.91 Å². The van der Waals surface area contributed by atoms with Crippen molar-refractivity contribution in [3.63, 3.8) is 0 Å². The number of nitrogens with two attached hydrogens (primary N) is 1. The Morgan fingerprint density at radius 1 is 1.43 bits per heavy atom. The summed E-state index contributed by atoms with van der Waals surface area (Å²) >= 11 is 0. The molecule has 0 saturated heterocycles. The lowest BCUT2D eigenvalue weighted by molar-refractivity contribution is -0.132. The Hall–Kier alpha value is -2.07. The summed E-state index contributed by atoms with van der Waals surface area (Å²) in [4.78, 5) is 17.6. The third-order valence-electron chi connectivity index (χ3n) is 4.08. The van der Waals surface area contributed by atoms with Gasteiger partial charge in [0.25, 0.3) is 0 Å². The largest absolute Gasteiger partial charge is 0.361 e. The van der Waals surface area contributed by atoms with E-state index >= 15 is 0 Å². The minimum atomic E-state index is -0.477. The number of H-pyrrole nitrogens is 1. The molecule has 1 atom stereocenters. The van der Waals surface area contributed by atoms with Gasteiger partial charge in [0.05, 0.1) is 6.04 Å². The van der Waals surface area contributed by atoms with Gasteiger partial charge in [-0.05, 0) is 31.4 Å². The zero-order chi connectivity index (χ0) is 14.8. The number of fused-ring (bicyclic) bond motifs is 1. The Kier molecular flexibility index (Phi) is 3.80. The fourth-order valence-electron chi connectivity index (χ4n) is 2.96. The molecule has 3 rings (SSSR count). The van der Waals surface area contributed by atoms with Crippen LogP contribution in [0.4, 0.5) is 0 Å².